The van der Waals surface area contributed by atoms with Gasteiger partial charge in [0.15, 0.2) is 0 Å². The lowest BCUT2D eigenvalue weighted by atomic mass is 9.94. The Labute approximate surface area is 129 Å². The van der Waals surface area contributed by atoms with Crippen LogP contribution in [0.15, 0.2) is 11.0 Å². The molecule has 1 aromatic rings. The molecule has 0 amide bonds. The molecular formula is C17H27NO2S. The molecule has 2 atom stereocenters. The second-order valence-electron chi connectivity index (χ2n) is 6.86. The summed E-state index contributed by atoms with van der Waals surface area (Å²) in [6, 6.07) is 2.07. The molecule has 118 valence electrons. The molecule has 4 heteroatoms. The summed E-state index contributed by atoms with van der Waals surface area (Å²) in [5.74, 6) is 0.852. The van der Waals surface area contributed by atoms with E-state index in [0.29, 0.717) is 29.8 Å². The molecule has 0 aromatic heterocycles. The number of aryl methyl sites for hydroxylation is 2. The van der Waals surface area contributed by atoms with E-state index in [1.54, 1.807) is 4.31 Å². The molecule has 0 radical (unpaired) electrons. The standard InChI is InChI=1S/C17H27NO2S/c1-11-7-12(2)10-18(9-11)21(19,20)17-15(5)13(3)8-14(4)16(17)6/h8,11-12H,7,9-10H2,1-6H3/t11-,12-/m0/s1. The highest BCUT2D eigenvalue weighted by Crippen LogP contribution is 2.32. The molecule has 2 rings (SSSR count). The van der Waals surface area contributed by atoms with E-state index < -0.39 is 10.0 Å². The van der Waals surface area contributed by atoms with Crippen LogP contribution in [0, 0.1) is 39.5 Å². The van der Waals surface area contributed by atoms with Crippen LogP contribution in [0.4, 0.5) is 0 Å². The van der Waals surface area contributed by atoms with Crippen LogP contribution in [0.2, 0.25) is 0 Å². The third kappa shape index (κ3) is 3.02. The van der Waals surface area contributed by atoms with Crippen LogP contribution in [-0.4, -0.2) is 25.8 Å². The fourth-order valence-electron chi connectivity index (χ4n) is 3.50. The first kappa shape index (κ1) is 16.5. The van der Waals surface area contributed by atoms with Crippen LogP contribution in [0.25, 0.3) is 0 Å². The first-order valence-corrected chi connectivity index (χ1v) is 9.16. The SMILES string of the molecule is Cc1cc(C)c(C)c(S(=O)(=O)N2C[C@@H](C)C[C@H](C)C2)c1C. The van der Waals surface area contributed by atoms with Gasteiger partial charge in [-0.3, -0.25) is 0 Å². The molecule has 0 spiro atoms. The molecule has 1 heterocycles. The summed E-state index contributed by atoms with van der Waals surface area (Å²) in [5.41, 5.74) is 3.89. The highest BCUT2D eigenvalue weighted by atomic mass is 32.2. The Balaban J connectivity index is 2.55. The Kier molecular flexibility index (Phi) is 4.50. The van der Waals surface area contributed by atoms with Crippen LogP contribution in [-0.2, 0) is 10.0 Å². The van der Waals surface area contributed by atoms with E-state index in [4.69, 9.17) is 0 Å². The first-order chi connectivity index (χ1) is 9.64. The largest absolute Gasteiger partial charge is 0.243 e. The van der Waals surface area contributed by atoms with Crippen molar-refractivity contribution in [1.82, 2.24) is 4.31 Å². The van der Waals surface area contributed by atoms with Gasteiger partial charge in [-0.1, -0.05) is 19.9 Å². The maximum Gasteiger partial charge on any atom is 0.243 e. The molecule has 0 bridgehead atoms. The van der Waals surface area contributed by atoms with Gasteiger partial charge in [0.05, 0.1) is 4.90 Å². The van der Waals surface area contributed by atoms with Crippen molar-refractivity contribution in [2.75, 3.05) is 13.1 Å². The molecule has 1 aliphatic heterocycles. The molecule has 21 heavy (non-hydrogen) atoms. The van der Waals surface area contributed by atoms with E-state index in [1.165, 1.54) is 0 Å². The zero-order valence-corrected chi connectivity index (χ0v) is 14.8. The molecule has 3 nitrogen and oxygen atoms in total. The Morgan fingerprint density at radius 2 is 1.38 bits per heavy atom. The maximum atomic E-state index is 13.2. The molecule has 1 aromatic carbocycles. The third-order valence-corrected chi connectivity index (χ3v) is 6.84. The summed E-state index contributed by atoms with van der Waals surface area (Å²) < 4.78 is 28.0. The first-order valence-electron chi connectivity index (χ1n) is 7.72. The van der Waals surface area contributed by atoms with Crippen LogP contribution in [0.5, 0.6) is 0 Å². The molecule has 0 unspecified atom stereocenters. The minimum atomic E-state index is -3.40. The van der Waals surface area contributed by atoms with E-state index in [-0.39, 0.29) is 0 Å². The summed E-state index contributed by atoms with van der Waals surface area (Å²) in [7, 11) is -3.40. The third-order valence-electron chi connectivity index (χ3n) is 4.73. The second kappa shape index (κ2) is 5.73. The van der Waals surface area contributed by atoms with Gasteiger partial charge in [-0.2, -0.15) is 4.31 Å². The van der Waals surface area contributed by atoms with Gasteiger partial charge in [-0.05, 0) is 68.2 Å². The van der Waals surface area contributed by atoms with Gasteiger partial charge in [-0.25, -0.2) is 8.42 Å². The number of sulfonamides is 1. The Bertz CT molecular complexity index is 613. The van der Waals surface area contributed by atoms with Crippen molar-refractivity contribution < 1.29 is 8.42 Å². The summed E-state index contributed by atoms with van der Waals surface area (Å²) >= 11 is 0. The van der Waals surface area contributed by atoms with Gasteiger partial charge >= 0.3 is 0 Å². The van der Waals surface area contributed by atoms with Crippen molar-refractivity contribution >= 4 is 10.0 Å². The van der Waals surface area contributed by atoms with Gasteiger partial charge in [0, 0.05) is 13.1 Å². The minimum Gasteiger partial charge on any atom is -0.207 e. The van der Waals surface area contributed by atoms with E-state index in [2.05, 4.69) is 19.9 Å². The van der Waals surface area contributed by atoms with Crippen molar-refractivity contribution in [3.8, 4) is 0 Å². The summed E-state index contributed by atoms with van der Waals surface area (Å²) in [4.78, 5) is 0.529. The van der Waals surface area contributed by atoms with Gasteiger partial charge < -0.3 is 0 Å². The maximum absolute atomic E-state index is 13.2. The molecule has 1 fully saturated rings. The zero-order valence-electron chi connectivity index (χ0n) is 14.0. The zero-order chi connectivity index (χ0) is 15.9. The van der Waals surface area contributed by atoms with Gasteiger partial charge in [0.1, 0.15) is 0 Å². The number of benzene rings is 1. The van der Waals surface area contributed by atoms with Crippen molar-refractivity contribution in [2.45, 2.75) is 52.9 Å². The molecule has 1 saturated heterocycles. The fourth-order valence-corrected chi connectivity index (χ4v) is 5.75. The fraction of sp³-hybridized carbons (Fsp3) is 0.647. The topological polar surface area (TPSA) is 37.4 Å². The van der Waals surface area contributed by atoms with Crippen molar-refractivity contribution in [3.63, 3.8) is 0 Å². The van der Waals surface area contributed by atoms with E-state index in [1.807, 2.05) is 27.7 Å². The van der Waals surface area contributed by atoms with E-state index >= 15 is 0 Å². The number of rotatable bonds is 2. The van der Waals surface area contributed by atoms with Gasteiger partial charge in [-0.15, -0.1) is 0 Å². The second-order valence-corrected chi connectivity index (χ2v) is 8.73. The molecule has 0 aliphatic carbocycles. The smallest absolute Gasteiger partial charge is 0.207 e. The number of nitrogens with zero attached hydrogens (tertiary/aromatic N) is 1. The predicted octanol–water partition coefficient (Wildman–Crippen LogP) is 3.59. The van der Waals surface area contributed by atoms with Crippen LogP contribution >= 0.6 is 0 Å². The van der Waals surface area contributed by atoms with Gasteiger partial charge in [0.25, 0.3) is 0 Å². The Morgan fingerprint density at radius 1 is 0.952 bits per heavy atom. The number of hydrogen-bond acceptors (Lipinski definition) is 2. The van der Waals surface area contributed by atoms with Crippen molar-refractivity contribution in [1.29, 1.82) is 0 Å². The minimum absolute atomic E-state index is 0.426. The molecule has 0 saturated carbocycles. The highest BCUT2D eigenvalue weighted by molar-refractivity contribution is 7.89. The lowest BCUT2D eigenvalue weighted by molar-refractivity contribution is 0.222. The van der Waals surface area contributed by atoms with Crippen LogP contribution in [0.1, 0.15) is 42.5 Å². The van der Waals surface area contributed by atoms with Crippen LogP contribution < -0.4 is 0 Å². The number of piperidine rings is 1. The average Bonchev–Trinajstić information content (AvgIpc) is 2.35. The van der Waals surface area contributed by atoms with Crippen molar-refractivity contribution in [3.05, 3.63) is 28.3 Å². The lowest BCUT2D eigenvalue weighted by Crippen LogP contribution is -2.43. The normalized spacial score (nSPS) is 24.3. The predicted molar refractivity (Wildman–Crippen MR) is 87.1 cm³/mol. The van der Waals surface area contributed by atoms with Crippen molar-refractivity contribution in [2.24, 2.45) is 11.8 Å². The Morgan fingerprint density at radius 3 is 1.81 bits per heavy atom. The summed E-state index contributed by atoms with van der Waals surface area (Å²) in [5, 5.41) is 0. The Hall–Kier alpha value is -0.870. The summed E-state index contributed by atoms with van der Waals surface area (Å²) in [6.45, 7) is 13.4. The lowest BCUT2D eigenvalue weighted by Gasteiger charge is -2.35. The highest BCUT2D eigenvalue weighted by Gasteiger charge is 2.34. The monoisotopic (exact) mass is 309 g/mol. The van der Waals surface area contributed by atoms with Gasteiger partial charge in [0.2, 0.25) is 10.0 Å². The number of hydrogen-bond donors (Lipinski definition) is 0. The summed E-state index contributed by atoms with van der Waals surface area (Å²) in [6.07, 6.45) is 1.11. The quantitative estimate of drug-likeness (QED) is 0.837. The van der Waals surface area contributed by atoms with Crippen LogP contribution in [0.3, 0.4) is 0 Å². The van der Waals surface area contributed by atoms with E-state index in [9.17, 15) is 8.42 Å². The van der Waals surface area contributed by atoms with E-state index in [0.717, 1.165) is 28.7 Å². The molecule has 0 N–H and O–H groups in total. The molecule has 1 aliphatic rings. The average molecular weight is 309 g/mol. The molecular weight excluding hydrogens is 282 g/mol.